The Morgan fingerprint density at radius 2 is 2.21 bits per heavy atom. The van der Waals surface area contributed by atoms with Crippen molar-refractivity contribution in [1.82, 2.24) is 14.7 Å². The van der Waals surface area contributed by atoms with Crippen molar-refractivity contribution in [2.45, 2.75) is 32.6 Å². The van der Waals surface area contributed by atoms with E-state index in [1.165, 1.54) is 23.1 Å². The van der Waals surface area contributed by atoms with Crippen LogP contribution in [0.4, 0.5) is 4.39 Å². The Morgan fingerprint density at radius 3 is 2.88 bits per heavy atom. The third-order valence-electron chi connectivity index (χ3n) is 4.11. The zero-order valence-corrected chi connectivity index (χ0v) is 13.6. The van der Waals surface area contributed by atoms with Gasteiger partial charge in [0.15, 0.2) is 5.69 Å². The van der Waals surface area contributed by atoms with Gasteiger partial charge in [0.05, 0.1) is 13.1 Å². The minimum absolute atomic E-state index is 0.164. The molecule has 3 rings (SSSR count). The van der Waals surface area contributed by atoms with E-state index in [0.717, 1.165) is 5.69 Å². The number of likely N-dealkylation sites (tertiary alicyclic amines) is 1. The number of amides is 1. The molecule has 0 unspecified atom stereocenters. The molecule has 0 bridgehead atoms. The summed E-state index contributed by atoms with van der Waals surface area (Å²) in [5, 5.41) is 14.4. The van der Waals surface area contributed by atoms with Gasteiger partial charge in [-0.15, -0.1) is 0 Å². The molecule has 0 saturated carbocycles. The van der Waals surface area contributed by atoms with Gasteiger partial charge in [-0.1, -0.05) is 6.07 Å². The number of rotatable bonds is 4. The quantitative estimate of drug-likeness (QED) is 0.923. The summed E-state index contributed by atoms with van der Waals surface area (Å²) in [5.41, 5.74) is 1.26. The molecule has 6 nitrogen and oxygen atoms in total. The number of hydrogen-bond donors (Lipinski definition) is 1. The molecule has 2 heterocycles. The van der Waals surface area contributed by atoms with Crippen LogP contribution in [0, 0.1) is 12.7 Å². The molecular weight excluding hydrogens is 313 g/mol. The molecule has 1 aliphatic heterocycles. The van der Waals surface area contributed by atoms with Crippen molar-refractivity contribution in [3.8, 4) is 5.75 Å². The first-order valence-electron chi connectivity index (χ1n) is 7.92. The van der Waals surface area contributed by atoms with E-state index in [1.54, 1.807) is 16.8 Å². The van der Waals surface area contributed by atoms with E-state index < -0.39 is 18.0 Å². The SMILES string of the molecule is CCn1nc(C(=O)N2C[C@@H](O)[C@H](Oc3cccc(F)c3)C2)cc1C. The molecule has 0 radical (unpaired) electrons. The van der Waals surface area contributed by atoms with E-state index >= 15 is 0 Å². The highest BCUT2D eigenvalue weighted by Crippen LogP contribution is 2.21. The fraction of sp³-hybridized carbons (Fsp3) is 0.412. The number of β-amino-alcohol motifs (C(OH)–C–C–N with tert-alkyl or cyclic N) is 1. The number of aromatic nitrogens is 2. The molecule has 24 heavy (non-hydrogen) atoms. The van der Waals surface area contributed by atoms with E-state index in [2.05, 4.69) is 5.10 Å². The van der Waals surface area contributed by atoms with Gasteiger partial charge in [0.25, 0.3) is 5.91 Å². The molecule has 2 aromatic rings. The fourth-order valence-corrected chi connectivity index (χ4v) is 2.85. The van der Waals surface area contributed by atoms with Crippen molar-refractivity contribution in [3.05, 3.63) is 47.5 Å². The molecule has 1 aromatic carbocycles. The van der Waals surface area contributed by atoms with Crippen molar-refractivity contribution in [2.24, 2.45) is 0 Å². The van der Waals surface area contributed by atoms with Gasteiger partial charge in [-0.25, -0.2) is 4.39 Å². The van der Waals surface area contributed by atoms with E-state index in [4.69, 9.17) is 4.74 Å². The summed E-state index contributed by atoms with van der Waals surface area (Å²) in [6.07, 6.45) is -1.42. The Kier molecular flexibility index (Phi) is 4.53. The van der Waals surface area contributed by atoms with Crippen LogP contribution in [-0.4, -0.2) is 51.0 Å². The standard InChI is InChI=1S/C17H20FN3O3/c1-3-21-11(2)7-14(19-21)17(23)20-9-15(22)16(10-20)24-13-6-4-5-12(18)8-13/h4-8,15-16,22H,3,9-10H2,1-2H3/t15-,16-/m1/s1. The average molecular weight is 333 g/mol. The number of ether oxygens (including phenoxy) is 1. The van der Waals surface area contributed by atoms with Crippen LogP contribution in [-0.2, 0) is 6.54 Å². The number of nitrogens with zero attached hydrogens (tertiary/aromatic N) is 3. The van der Waals surface area contributed by atoms with E-state index in [-0.39, 0.29) is 19.0 Å². The maximum Gasteiger partial charge on any atom is 0.274 e. The van der Waals surface area contributed by atoms with Crippen molar-refractivity contribution in [3.63, 3.8) is 0 Å². The van der Waals surface area contributed by atoms with Gasteiger partial charge in [0, 0.05) is 18.3 Å². The average Bonchev–Trinajstić information content (AvgIpc) is 3.10. The third kappa shape index (κ3) is 3.26. The lowest BCUT2D eigenvalue weighted by molar-refractivity contribution is 0.0727. The molecule has 2 atom stereocenters. The summed E-state index contributed by atoms with van der Waals surface area (Å²) < 4.78 is 20.6. The third-order valence-corrected chi connectivity index (χ3v) is 4.11. The van der Waals surface area contributed by atoms with Crippen LogP contribution in [0.2, 0.25) is 0 Å². The monoisotopic (exact) mass is 333 g/mol. The van der Waals surface area contributed by atoms with Crippen LogP contribution in [0.25, 0.3) is 0 Å². The van der Waals surface area contributed by atoms with Gasteiger partial charge in [-0.05, 0) is 32.0 Å². The summed E-state index contributed by atoms with van der Waals surface area (Å²) in [6, 6.07) is 7.46. The highest BCUT2D eigenvalue weighted by atomic mass is 19.1. The highest BCUT2D eigenvalue weighted by molar-refractivity contribution is 5.92. The van der Waals surface area contributed by atoms with Crippen molar-refractivity contribution in [1.29, 1.82) is 0 Å². The summed E-state index contributed by atoms with van der Waals surface area (Å²) in [5.74, 6) is -0.317. The van der Waals surface area contributed by atoms with Gasteiger partial charge >= 0.3 is 0 Å². The molecular formula is C17H20FN3O3. The highest BCUT2D eigenvalue weighted by Gasteiger charge is 2.36. The fourth-order valence-electron chi connectivity index (χ4n) is 2.85. The van der Waals surface area contributed by atoms with Crippen LogP contribution in [0.1, 0.15) is 23.1 Å². The molecule has 0 aliphatic carbocycles. The zero-order chi connectivity index (χ0) is 17.3. The van der Waals surface area contributed by atoms with Gasteiger partial charge < -0.3 is 14.7 Å². The first-order valence-corrected chi connectivity index (χ1v) is 7.92. The van der Waals surface area contributed by atoms with E-state index in [9.17, 15) is 14.3 Å². The second-order valence-corrected chi connectivity index (χ2v) is 5.88. The normalized spacial score (nSPS) is 20.4. The number of halogens is 1. The lowest BCUT2D eigenvalue weighted by atomic mass is 10.2. The van der Waals surface area contributed by atoms with Crippen molar-refractivity contribution < 1.29 is 19.0 Å². The Balaban J connectivity index is 1.69. The minimum Gasteiger partial charge on any atom is -0.486 e. The van der Waals surface area contributed by atoms with Crippen LogP contribution in [0.5, 0.6) is 5.75 Å². The molecule has 0 spiro atoms. The first kappa shape index (κ1) is 16.4. The van der Waals surface area contributed by atoms with Crippen LogP contribution >= 0.6 is 0 Å². The largest absolute Gasteiger partial charge is 0.486 e. The molecule has 1 saturated heterocycles. The predicted octanol–water partition coefficient (Wildman–Crippen LogP) is 1.61. The number of aryl methyl sites for hydroxylation is 2. The molecule has 1 amide bonds. The summed E-state index contributed by atoms with van der Waals surface area (Å²) >= 11 is 0. The summed E-state index contributed by atoms with van der Waals surface area (Å²) in [7, 11) is 0. The topological polar surface area (TPSA) is 67.6 Å². The second kappa shape index (κ2) is 6.60. The molecule has 1 fully saturated rings. The molecule has 1 aromatic heterocycles. The Bertz CT molecular complexity index is 746. The van der Waals surface area contributed by atoms with Crippen LogP contribution in [0.3, 0.4) is 0 Å². The number of carbonyl (C=O) groups excluding carboxylic acids is 1. The molecule has 1 aliphatic rings. The smallest absolute Gasteiger partial charge is 0.274 e. The Labute approximate surface area is 139 Å². The van der Waals surface area contributed by atoms with Crippen molar-refractivity contribution >= 4 is 5.91 Å². The van der Waals surface area contributed by atoms with Gasteiger partial charge in [-0.3, -0.25) is 9.48 Å². The van der Waals surface area contributed by atoms with Gasteiger partial charge in [0.2, 0.25) is 0 Å². The van der Waals surface area contributed by atoms with E-state index in [1.807, 2.05) is 13.8 Å². The minimum atomic E-state index is -0.827. The number of aliphatic hydroxyl groups is 1. The summed E-state index contributed by atoms with van der Waals surface area (Å²) in [4.78, 5) is 14.1. The predicted molar refractivity (Wildman–Crippen MR) is 85.4 cm³/mol. The second-order valence-electron chi connectivity index (χ2n) is 5.88. The maximum absolute atomic E-state index is 13.2. The van der Waals surface area contributed by atoms with Crippen LogP contribution in [0.15, 0.2) is 30.3 Å². The number of hydrogen-bond acceptors (Lipinski definition) is 4. The first-order chi connectivity index (χ1) is 11.5. The molecule has 1 N–H and O–H groups in total. The Hall–Kier alpha value is -2.41. The zero-order valence-electron chi connectivity index (χ0n) is 13.6. The molecule has 7 heteroatoms. The lowest BCUT2D eigenvalue weighted by Gasteiger charge is -2.16. The molecule has 128 valence electrons. The van der Waals surface area contributed by atoms with Crippen LogP contribution < -0.4 is 4.74 Å². The Morgan fingerprint density at radius 1 is 1.42 bits per heavy atom. The van der Waals surface area contributed by atoms with Crippen molar-refractivity contribution in [2.75, 3.05) is 13.1 Å². The summed E-state index contributed by atoms with van der Waals surface area (Å²) in [6.45, 7) is 4.93. The van der Waals surface area contributed by atoms with Gasteiger partial charge in [0.1, 0.15) is 23.8 Å². The maximum atomic E-state index is 13.2. The van der Waals surface area contributed by atoms with E-state index in [0.29, 0.717) is 18.0 Å². The van der Waals surface area contributed by atoms with Gasteiger partial charge in [-0.2, -0.15) is 5.10 Å². The number of carbonyl (C=O) groups is 1. The number of aliphatic hydroxyl groups excluding tert-OH is 1. The lowest BCUT2D eigenvalue weighted by Crippen LogP contribution is -2.31. The number of benzene rings is 1.